The Kier molecular flexibility index (Phi) is 5.47. The lowest BCUT2D eigenvalue weighted by Crippen LogP contribution is -2.48. The van der Waals surface area contributed by atoms with Gasteiger partial charge in [-0.3, -0.25) is 0 Å². The molecule has 1 heterocycles. The van der Waals surface area contributed by atoms with E-state index in [1.54, 1.807) is 0 Å². The van der Waals surface area contributed by atoms with Crippen LogP contribution in [-0.2, 0) is 4.74 Å². The average Bonchev–Trinajstić information content (AvgIpc) is 2.33. The lowest BCUT2D eigenvalue weighted by atomic mass is 9.71. The number of carbonyl (C=O) groups is 1. The van der Waals surface area contributed by atoms with Gasteiger partial charge in [-0.2, -0.15) is 0 Å². The number of nitrogens with zero attached hydrogens (tertiary/aromatic N) is 1. The highest BCUT2D eigenvalue weighted by Gasteiger charge is 2.38. The number of hydrogen-bond acceptors (Lipinski definition) is 2. The molecule has 3 nitrogen and oxygen atoms in total. The summed E-state index contributed by atoms with van der Waals surface area (Å²) in [7, 11) is 0. The maximum absolute atomic E-state index is 12.2. The van der Waals surface area contributed by atoms with Gasteiger partial charge in [0.25, 0.3) is 0 Å². The van der Waals surface area contributed by atoms with Crippen LogP contribution in [0, 0.1) is 11.3 Å². The van der Waals surface area contributed by atoms with Crippen molar-refractivity contribution in [1.29, 1.82) is 0 Å². The van der Waals surface area contributed by atoms with E-state index < -0.39 is 5.60 Å². The Labute approximate surface area is 123 Å². The van der Waals surface area contributed by atoms with Crippen LogP contribution in [0.4, 0.5) is 4.79 Å². The highest BCUT2D eigenvalue weighted by molar-refractivity contribution is 5.68. The Hall–Kier alpha value is -1.21. The summed E-state index contributed by atoms with van der Waals surface area (Å²) < 4.78 is 5.49. The summed E-state index contributed by atoms with van der Waals surface area (Å²) in [5, 5.41) is 0. The molecule has 0 N–H and O–H groups in total. The molecule has 0 saturated carbocycles. The summed E-state index contributed by atoms with van der Waals surface area (Å²) in [4.78, 5) is 14.1. The highest BCUT2D eigenvalue weighted by atomic mass is 16.6. The molecule has 0 aromatic heterocycles. The average molecular weight is 279 g/mol. The van der Waals surface area contributed by atoms with Crippen LogP contribution >= 0.6 is 0 Å². The molecule has 0 aromatic rings. The van der Waals surface area contributed by atoms with Crippen molar-refractivity contribution in [3.8, 4) is 0 Å². The third kappa shape index (κ3) is 4.72. The molecule has 1 aliphatic rings. The maximum atomic E-state index is 12.2. The Bertz CT molecular complexity index is 390. The molecule has 0 aliphatic carbocycles. The molecule has 0 aromatic carbocycles. The number of hydrogen-bond donors (Lipinski definition) is 0. The standard InChI is InChI=1S/C17H29NO2/c1-7-8-10-14(2)17(6)11-9-12-18(13-17)15(19)20-16(3,4)5/h8,14H,1,9-13H2,2-6H3. The fourth-order valence-corrected chi connectivity index (χ4v) is 2.70. The van der Waals surface area contributed by atoms with Gasteiger partial charge in [0.2, 0.25) is 0 Å². The molecule has 1 amide bonds. The fourth-order valence-electron chi connectivity index (χ4n) is 2.70. The Morgan fingerprint density at radius 3 is 2.75 bits per heavy atom. The van der Waals surface area contributed by atoms with E-state index in [2.05, 4.69) is 26.2 Å². The van der Waals surface area contributed by atoms with E-state index in [9.17, 15) is 4.79 Å². The minimum absolute atomic E-state index is 0.141. The van der Waals surface area contributed by atoms with Gasteiger partial charge < -0.3 is 9.64 Å². The summed E-state index contributed by atoms with van der Waals surface area (Å²) >= 11 is 0. The second-order valence-electron chi connectivity index (χ2n) is 7.20. The van der Waals surface area contributed by atoms with Crippen LogP contribution in [0.1, 0.15) is 53.9 Å². The van der Waals surface area contributed by atoms with E-state index in [0.717, 1.165) is 32.4 Å². The van der Waals surface area contributed by atoms with Gasteiger partial charge in [-0.15, -0.1) is 5.73 Å². The Morgan fingerprint density at radius 2 is 2.20 bits per heavy atom. The predicted octanol–water partition coefficient (Wildman–Crippen LogP) is 4.39. The van der Waals surface area contributed by atoms with Crippen LogP contribution < -0.4 is 0 Å². The molecule has 0 radical (unpaired) electrons. The molecule has 3 heteroatoms. The monoisotopic (exact) mass is 279 g/mol. The van der Waals surface area contributed by atoms with Crippen molar-refractivity contribution < 1.29 is 9.53 Å². The topological polar surface area (TPSA) is 29.5 Å². The molecule has 114 valence electrons. The van der Waals surface area contributed by atoms with Crippen molar-refractivity contribution in [3.05, 3.63) is 18.4 Å². The molecule has 20 heavy (non-hydrogen) atoms. The molecular weight excluding hydrogens is 250 g/mol. The fraction of sp³-hybridized carbons (Fsp3) is 0.765. The van der Waals surface area contributed by atoms with Crippen LogP contribution in [0.3, 0.4) is 0 Å². The Balaban J connectivity index is 2.70. The number of rotatable bonds is 3. The SMILES string of the molecule is C=C=CCC(C)C1(C)CCCN(C(=O)OC(C)(C)C)C1. The molecule has 1 fully saturated rings. The van der Waals surface area contributed by atoms with E-state index in [0.29, 0.717) is 5.92 Å². The van der Waals surface area contributed by atoms with Crippen LogP contribution in [-0.4, -0.2) is 29.7 Å². The van der Waals surface area contributed by atoms with Crippen molar-refractivity contribution in [1.82, 2.24) is 4.90 Å². The molecule has 2 atom stereocenters. The number of amides is 1. The van der Waals surface area contributed by atoms with Gasteiger partial charge in [0.15, 0.2) is 0 Å². The summed E-state index contributed by atoms with van der Waals surface area (Å²) in [5.74, 6) is 0.502. The molecule has 0 spiro atoms. The molecule has 2 unspecified atom stereocenters. The van der Waals surface area contributed by atoms with E-state index in [-0.39, 0.29) is 11.5 Å². The molecule has 1 aliphatic heterocycles. The maximum Gasteiger partial charge on any atom is 0.410 e. The van der Waals surface area contributed by atoms with E-state index in [4.69, 9.17) is 4.74 Å². The van der Waals surface area contributed by atoms with Crippen molar-refractivity contribution >= 4 is 6.09 Å². The zero-order chi connectivity index (χ0) is 15.4. The zero-order valence-corrected chi connectivity index (χ0v) is 13.7. The lowest BCUT2D eigenvalue weighted by Gasteiger charge is -2.44. The first-order valence-corrected chi connectivity index (χ1v) is 7.50. The predicted molar refractivity (Wildman–Crippen MR) is 82.6 cm³/mol. The number of likely N-dealkylation sites (tertiary alicyclic amines) is 1. The van der Waals surface area contributed by atoms with Crippen LogP contribution in [0.5, 0.6) is 0 Å². The number of carbonyl (C=O) groups excluding carboxylic acids is 1. The second kappa shape index (κ2) is 6.49. The summed E-state index contributed by atoms with van der Waals surface area (Å²) in [6.45, 7) is 15.4. The minimum Gasteiger partial charge on any atom is -0.444 e. The van der Waals surface area contributed by atoms with Gasteiger partial charge in [0.05, 0.1) is 0 Å². The zero-order valence-electron chi connectivity index (χ0n) is 13.7. The van der Waals surface area contributed by atoms with Crippen molar-refractivity contribution in [3.63, 3.8) is 0 Å². The van der Waals surface area contributed by atoms with Gasteiger partial charge in [-0.25, -0.2) is 4.79 Å². The van der Waals surface area contributed by atoms with Crippen molar-refractivity contribution in [2.75, 3.05) is 13.1 Å². The van der Waals surface area contributed by atoms with Crippen LogP contribution in [0.2, 0.25) is 0 Å². The van der Waals surface area contributed by atoms with E-state index >= 15 is 0 Å². The first-order valence-electron chi connectivity index (χ1n) is 7.50. The summed E-state index contributed by atoms with van der Waals surface area (Å²) in [5.41, 5.74) is 2.55. The smallest absolute Gasteiger partial charge is 0.410 e. The number of ether oxygens (including phenoxy) is 1. The largest absolute Gasteiger partial charge is 0.444 e. The van der Waals surface area contributed by atoms with Crippen molar-refractivity contribution in [2.24, 2.45) is 11.3 Å². The summed E-state index contributed by atoms with van der Waals surface area (Å²) in [6, 6.07) is 0. The van der Waals surface area contributed by atoms with Gasteiger partial charge in [-0.1, -0.05) is 20.4 Å². The number of allylic oxidation sites excluding steroid dienone is 1. The lowest BCUT2D eigenvalue weighted by molar-refractivity contribution is -0.00248. The quantitative estimate of drug-likeness (QED) is 0.717. The minimum atomic E-state index is -0.428. The van der Waals surface area contributed by atoms with Crippen molar-refractivity contribution in [2.45, 2.75) is 59.5 Å². The Morgan fingerprint density at radius 1 is 1.55 bits per heavy atom. The third-order valence-electron chi connectivity index (χ3n) is 4.19. The first kappa shape index (κ1) is 16.8. The number of piperidine rings is 1. The van der Waals surface area contributed by atoms with Crippen LogP contribution in [0.25, 0.3) is 0 Å². The summed E-state index contributed by atoms with van der Waals surface area (Å²) in [6.07, 6.45) is 4.95. The van der Waals surface area contributed by atoms with Gasteiger partial charge >= 0.3 is 6.09 Å². The second-order valence-corrected chi connectivity index (χ2v) is 7.20. The molecule has 1 saturated heterocycles. The van der Waals surface area contributed by atoms with Gasteiger partial charge in [0, 0.05) is 13.1 Å². The normalized spacial score (nSPS) is 24.8. The molecular formula is C17H29NO2. The molecule has 1 rings (SSSR count). The molecule has 0 bridgehead atoms. The van der Waals surface area contributed by atoms with Gasteiger partial charge in [0.1, 0.15) is 5.60 Å². The van der Waals surface area contributed by atoms with E-state index in [1.807, 2.05) is 31.7 Å². The van der Waals surface area contributed by atoms with E-state index in [1.165, 1.54) is 0 Å². The first-order chi connectivity index (χ1) is 9.18. The van der Waals surface area contributed by atoms with Crippen LogP contribution in [0.15, 0.2) is 18.4 Å². The highest BCUT2D eigenvalue weighted by Crippen LogP contribution is 2.39. The third-order valence-corrected chi connectivity index (χ3v) is 4.19. The van der Waals surface area contributed by atoms with Gasteiger partial charge in [-0.05, 0) is 57.4 Å².